The van der Waals surface area contributed by atoms with Crippen molar-refractivity contribution in [2.75, 3.05) is 30.3 Å². The Bertz CT molecular complexity index is 525. The average Bonchev–Trinajstić information content (AvgIpc) is 3.00. The van der Waals surface area contributed by atoms with E-state index in [9.17, 15) is 9.59 Å². The van der Waals surface area contributed by atoms with Crippen molar-refractivity contribution in [2.24, 2.45) is 5.92 Å². The molecule has 22 heavy (non-hydrogen) atoms. The third-order valence-electron chi connectivity index (χ3n) is 3.30. The standard InChI is InChI=1S/C16H23N3O3/c1-12(2)11-22-16(21)18-14-7-5-6-13(10-14)17-15(20)19-8-3-4-9-19/h5-7,10,12H,3-4,8-9,11H2,1-2H3,(H,17,20)(H,18,21). The maximum atomic E-state index is 12.0. The zero-order chi connectivity index (χ0) is 15.9. The number of rotatable bonds is 4. The molecule has 0 unspecified atom stereocenters. The first-order valence-electron chi connectivity index (χ1n) is 7.64. The Morgan fingerprint density at radius 1 is 1.18 bits per heavy atom. The molecule has 2 N–H and O–H groups in total. The van der Waals surface area contributed by atoms with Crippen molar-refractivity contribution in [1.82, 2.24) is 4.90 Å². The highest BCUT2D eigenvalue weighted by atomic mass is 16.5. The van der Waals surface area contributed by atoms with Gasteiger partial charge in [0.1, 0.15) is 0 Å². The van der Waals surface area contributed by atoms with Gasteiger partial charge in [0.05, 0.1) is 6.61 Å². The summed E-state index contributed by atoms with van der Waals surface area (Å²) in [6.45, 7) is 5.91. The average molecular weight is 305 g/mol. The molecule has 0 aromatic heterocycles. The molecule has 2 rings (SSSR count). The molecular weight excluding hydrogens is 282 g/mol. The highest BCUT2D eigenvalue weighted by Gasteiger charge is 2.17. The first-order valence-corrected chi connectivity index (χ1v) is 7.64. The quantitative estimate of drug-likeness (QED) is 0.894. The largest absolute Gasteiger partial charge is 0.449 e. The smallest absolute Gasteiger partial charge is 0.411 e. The van der Waals surface area contributed by atoms with Crippen LogP contribution in [-0.4, -0.2) is 36.7 Å². The van der Waals surface area contributed by atoms with Crippen molar-refractivity contribution < 1.29 is 14.3 Å². The number of carbonyl (C=O) groups excluding carboxylic acids is 2. The van der Waals surface area contributed by atoms with Crippen LogP contribution >= 0.6 is 0 Å². The van der Waals surface area contributed by atoms with E-state index >= 15 is 0 Å². The molecule has 1 heterocycles. The number of anilines is 2. The van der Waals surface area contributed by atoms with Crippen LogP contribution in [0.25, 0.3) is 0 Å². The Morgan fingerprint density at radius 2 is 1.82 bits per heavy atom. The lowest BCUT2D eigenvalue weighted by atomic mass is 10.2. The van der Waals surface area contributed by atoms with Crippen molar-refractivity contribution >= 4 is 23.5 Å². The van der Waals surface area contributed by atoms with E-state index in [2.05, 4.69) is 10.6 Å². The van der Waals surface area contributed by atoms with Crippen molar-refractivity contribution in [3.63, 3.8) is 0 Å². The van der Waals surface area contributed by atoms with Crippen LogP contribution in [0.15, 0.2) is 24.3 Å². The molecule has 1 fully saturated rings. The van der Waals surface area contributed by atoms with E-state index in [0.29, 0.717) is 18.0 Å². The summed E-state index contributed by atoms with van der Waals surface area (Å²) in [5, 5.41) is 5.50. The second-order valence-corrected chi connectivity index (χ2v) is 5.82. The molecular formula is C16H23N3O3. The summed E-state index contributed by atoms with van der Waals surface area (Å²) < 4.78 is 5.06. The minimum absolute atomic E-state index is 0.1000. The van der Waals surface area contributed by atoms with Gasteiger partial charge in [0, 0.05) is 24.5 Å². The van der Waals surface area contributed by atoms with Gasteiger partial charge in [-0.05, 0) is 37.0 Å². The Kier molecular flexibility index (Phi) is 5.63. The summed E-state index contributed by atoms with van der Waals surface area (Å²) in [7, 11) is 0. The zero-order valence-corrected chi connectivity index (χ0v) is 13.1. The fraction of sp³-hybridized carbons (Fsp3) is 0.500. The molecule has 1 saturated heterocycles. The van der Waals surface area contributed by atoms with Crippen LogP contribution in [0.3, 0.4) is 0 Å². The number of amides is 3. The zero-order valence-electron chi connectivity index (χ0n) is 13.1. The van der Waals surface area contributed by atoms with Gasteiger partial charge in [-0.3, -0.25) is 5.32 Å². The van der Waals surface area contributed by atoms with E-state index in [1.54, 1.807) is 29.2 Å². The third-order valence-corrected chi connectivity index (χ3v) is 3.30. The van der Waals surface area contributed by atoms with Gasteiger partial charge in [-0.15, -0.1) is 0 Å². The number of hydrogen-bond donors (Lipinski definition) is 2. The van der Waals surface area contributed by atoms with Gasteiger partial charge in [-0.25, -0.2) is 9.59 Å². The van der Waals surface area contributed by atoms with Crippen LogP contribution in [0.2, 0.25) is 0 Å². The Balaban J connectivity index is 1.89. The predicted octanol–water partition coefficient (Wildman–Crippen LogP) is 3.52. The predicted molar refractivity (Wildman–Crippen MR) is 86.1 cm³/mol. The van der Waals surface area contributed by atoms with E-state index in [-0.39, 0.29) is 11.9 Å². The molecule has 1 aromatic rings. The molecule has 0 bridgehead atoms. The summed E-state index contributed by atoms with van der Waals surface area (Å²) in [4.78, 5) is 25.4. The second-order valence-electron chi connectivity index (χ2n) is 5.82. The lowest BCUT2D eigenvalue weighted by molar-refractivity contribution is 0.147. The van der Waals surface area contributed by atoms with Crippen LogP contribution in [0, 0.1) is 5.92 Å². The first kappa shape index (κ1) is 16.1. The SMILES string of the molecule is CC(C)COC(=O)Nc1cccc(NC(=O)N2CCCC2)c1. The van der Waals surface area contributed by atoms with Gasteiger partial charge < -0.3 is 15.0 Å². The van der Waals surface area contributed by atoms with E-state index in [0.717, 1.165) is 25.9 Å². The minimum Gasteiger partial charge on any atom is -0.449 e. The third kappa shape index (κ3) is 4.95. The van der Waals surface area contributed by atoms with Crippen molar-refractivity contribution in [3.05, 3.63) is 24.3 Å². The van der Waals surface area contributed by atoms with Crippen LogP contribution < -0.4 is 10.6 Å². The summed E-state index contributed by atoms with van der Waals surface area (Å²) in [5.74, 6) is 0.289. The molecule has 1 aliphatic rings. The Morgan fingerprint density at radius 3 is 2.45 bits per heavy atom. The maximum absolute atomic E-state index is 12.0. The number of carbonyl (C=O) groups is 2. The van der Waals surface area contributed by atoms with E-state index in [1.165, 1.54) is 0 Å². The van der Waals surface area contributed by atoms with E-state index in [4.69, 9.17) is 4.74 Å². The van der Waals surface area contributed by atoms with Gasteiger partial charge >= 0.3 is 12.1 Å². The fourth-order valence-electron chi connectivity index (χ4n) is 2.19. The molecule has 6 heteroatoms. The highest BCUT2D eigenvalue weighted by Crippen LogP contribution is 2.17. The molecule has 6 nitrogen and oxygen atoms in total. The van der Waals surface area contributed by atoms with Gasteiger partial charge in [0.2, 0.25) is 0 Å². The number of nitrogens with one attached hydrogen (secondary N) is 2. The number of ether oxygens (including phenoxy) is 1. The molecule has 120 valence electrons. The highest BCUT2D eigenvalue weighted by molar-refractivity contribution is 5.91. The minimum atomic E-state index is -0.489. The van der Waals surface area contributed by atoms with Crippen LogP contribution in [-0.2, 0) is 4.74 Å². The van der Waals surface area contributed by atoms with Crippen LogP contribution in [0.1, 0.15) is 26.7 Å². The number of hydrogen-bond acceptors (Lipinski definition) is 3. The van der Waals surface area contributed by atoms with Gasteiger partial charge in [0.15, 0.2) is 0 Å². The molecule has 0 saturated carbocycles. The lowest BCUT2D eigenvalue weighted by Gasteiger charge is -2.16. The van der Waals surface area contributed by atoms with E-state index < -0.39 is 6.09 Å². The molecule has 0 radical (unpaired) electrons. The van der Waals surface area contributed by atoms with Crippen LogP contribution in [0.4, 0.5) is 21.0 Å². The fourth-order valence-corrected chi connectivity index (χ4v) is 2.19. The summed E-state index contributed by atoms with van der Waals surface area (Å²) in [6.07, 6.45) is 1.62. The lowest BCUT2D eigenvalue weighted by Crippen LogP contribution is -2.32. The molecule has 1 aromatic carbocycles. The molecule has 0 aliphatic carbocycles. The Labute approximate surface area is 130 Å². The summed E-state index contributed by atoms with van der Waals surface area (Å²) in [5.41, 5.74) is 1.24. The van der Waals surface area contributed by atoms with E-state index in [1.807, 2.05) is 13.8 Å². The van der Waals surface area contributed by atoms with Crippen molar-refractivity contribution in [1.29, 1.82) is 0 Å². The number of likely N-dealkylation sites (tertiary alicyclic amines) is 1. The molecule has 3 amide bonds. The topological polar surface area (TPSA) is 70.7 Å². The van der Waals surface area contributed by atoms with Gasteiger partial charge in [0.25, 0.3) is 0 Å². The van der Waals surface area contributed by atoms with Crippen molar-refractivity contribution in [2.45, 2.75) is 26.7 Å². The number of nitrogens with zero attached hydrogens (tertiary/aromatic N) is 1. The first-order chi connectivity index (χ1) is 10.5. The monoisotopic (exact) mass is 305 g/mol. The molecule has 0 atom stereocenters. The second kappa shape index (κ2) is 7.68. The van der Waals surface area contributed by atoms with Crippen LogP contribution in [0.5, 0.6) is 0 Å². The molecule has 1 aliphatic heterocycles. The van der Waals surface area contributed by atoms with Gasteiger partial charge in [-0.1, -0.05) is 19.9 Å². The summed E-state index contributed by atoms with van der Waals surface area (Å²) >= 11 is 0. The molecule has 0 spiro atoms. The van der Waals surface area contributed by atoms with Gasteiger partial charge in [-0.2, -0.15) is 0 Å². The maximum Gasteiger partial charge on any atom is 0.411 e. The van der Waals surface area contributed by atoms with Crippen molar-refractivity contribution in [3.8, 4) is 0 Å². The number of urea groups is 1. The Hall–Kier alpha value is -2.24. The normalized spacial score (nSPS) is 14.0. The number of benzene rings is 1. The summed E-state index contributed by atoms with van der Waals surface area (Å²) in [6, 6.07) is 6.93.